The average Bonchev–Trinajstić information content (AvgIpc) is 2.65. The predicted molar refractivity (Wildman–Crippen MR) is 103 cm³/mol. The molecule has 142 valence electrons. The molecule has 1 aliphatic heterocycles. The third-order valence-electron chi connectivity index (χ3n) is 4.97. The highest BCUT2D eigenvalue weighted by Crippen LogP contribution is 2.30. The monoisotopic (exact) mass is 367 g/mol. The van der Waals surface area contributed by atoms with E-state index in [1.807, 2.05) is 19.9 Å². The summed E-state index contributed by atoms with van der Waals surface area (Å²) in [5, 5.41) is 22.3. The maximum absolute atomic E-state index is 12.3. The van der Waals surface area contributed by atoms with Crippen LogP contribution < -0.4 is 10.2 Å². The fourth-order valence-electron chi connectivity index (χ4n) is 3.63. The van der Waals surface area contributed by atoms with E-state index >= 15 is 0 Å². The Hall–Kier alpha value is -2.72. The molecule has 0 aliphatic carbocycles. The van der Waals surface area contributed by atoms with E-state index in [4.69, 9.17) is 0 Å². The Balaban J connectivity index is 1.86. The molecular weight excluding hydrogens is 342 g/mol. The van der Waals surface area contributed by atoms with E-state index in [0.29, 0.717) is 29.1 Å². The lowest BCUT2D eigenvalue weighted by Gasteiger charge is -2.38. The van der Waals surface area contributed by atoms with Crippen molar-refractivity contribution in [3.63, 3.8) is 0 Å². The van der Waals surface area contributed by atoms with E-state index in [2.05, 4.69) is 33.2 Å². The minimum absolute atomic E-state index is 0.0583. The van der Waals surface area contributed by atoms with Gasteiger partial charge in [-0.15, -0.1) is 0 Å². The van der Waals surface area contributed by atoms with Gasteiger partial charge >= 0.3 is 0 Å². The van der Waals surface area contributed by atoms with Crippen LogP contribution in [0.1, 0.15) is 32.8 Å². The molecular formula is C20H25N5O2. The summed E-state index contributed by atoms with van der Waals surface area (Å²) >= 11 is 0. The first-order valence-electron chi connectivity index (χ1n) is 9.28. The Morgan fingerprint density at radius 3 is 2.67 bits per heavy atom. The van der Waals surface area contributed by atoms with Gasteiger partial charge in [0, 0.05) is 31.5 Å². The fourth-order valence-corrected chi connectivity index (χ4v) is 3.63. The highest BCUT2D eigenvalue weighted by molar-refractivity contribution is 5.92. The predicted octanol–water partition coefficient (Wildman–Crippen LogP) is 1.85. The number of piperidine rings is 1. The van der Waals surface area contributed by atoms with Crippen LogP contribution in [-0.4, -0.2) is 46.2 Å². The van der Waals surface area contributed by atoms with Gasteiger partial charge in [0.25, 0.3) is 0 Å². The molecule has 7 heteroatoms. The molecule has 0 saturated carbocycles. The van der Waals surface area contributed by atoms with Crippen LogP contribution in [0.2, 0.25) is 0 Å². The van der Waals surface area contributed by atoms with Crippen LogP contribution in [0, 0.1) is 23.2 Å². The number of amides is 1. The van der Waals surface area contributed by atoms with Crippen LogP contribution in [-0.2, 0) is 4.79 Å². The Labute approximate surface area is 159 Å². The molecule has 27 heavy (non-hydrogen) atoms. The van der Waals surface area contributed by atoms with Gasteiger partial charge in [-0.25, -0.2) is 0 Å². The molecule has 3 rings (SSSR count). The van der Waals surface area contributed by atoms with Gasteiger partial charge in [0.2, 0.25) is 5.91 Å². The van der Waals surface area contributed by atoms with Crippen LogP contribution in [0.25, 0.3) is 11.0 Å². The number of hydrogen-bond acceptors (Lipinski definition) is 6. The zero-order valence-corrected chi connectivity index (χ0v) is 15.9. The third kappa shape index (κ3) is 4.01. The molecule has 0 radical (unpaired) electrons. The maximum atomic E-state index is 12.3. The van der Waals surface area contributed by atoms with Gasteiger partial charge in [-0.2, -0.15) is 5.26 Å². The topological polar surface area (TPSA) is 102 Å². The SMILES string of the molecule is CC(C)[C@@H](O)C(=O)N[C@@H]1C[C@H](C)CN(c2ccc(C#N)c3nccnc23)C1. The van der Waals surface area contributed by atoms with Crippen molar-refractivity contribution in [2.75, 3.05) is 18.0 Å². The molecule has 1 saturated heterocycles. The largest absolute Gasteiger partial charge is 0.383 e. The first-order chi connectivity index (χ1) is 12.9. The first kappa shape index (κ1) is 19.1. The van der Waals surface area contributed by atoms with Gasteiger partial charge < -0.3 is 15.3 Å². The van der Waals surface area contributed by atoms with Crippen LogP contribution >= 0.6 is 0 Å². The molecule has 1 aromatic heterocycles. The number of fused-ring (bicyclic) bond motifs is 1. The molecule has 0 spiro atoms. The fraction of sp³-hybridized carbons (Fsp3) is 0.500. The van der Waals surface area contributed by atoms with Crippen LogP contribution in [0.5, 0.6) is 0 Å². The first-order valence-corrected chi connectivity index (χ1v) is 9.28. The van der Waals surface area contributed by atoms with Gasteiger partial charge in [0.05, 0.1) is 11.3 Å². The van der Waals surface area contributed by atoms with E-state index in [1.54, 1.807) is 18.5 Å². The van der Waals surface area contributed by atoms with Gasteiger partial charge in [-0.05, 0) is 30.4 Å². The molecule has 2 N–H and O–H groups in total. The second-order valence-electron chi connectivity index (χ2n) is 7.64. The number of hydrogen-bond donors (Lipinski definition) is 2. The lowest BCUT2D eigenvalue weighted by Crippen LogP contribution is -2.53. The van der Waals surface area contributed by atoms with Crippen molar-refractivity contribution in [2.45, 2.75) is 39.3 Å². The summed E-state index contributed by atoms with van der Waals surface area (Å²) in [5.74, 6) is -0.0870. The molecule has 1 amide bonds. The summed E-state index contributed by atoms with van der Waals surface area (Å²) in [6.45, 7) is 7.24. The lowest BCUT2D eigenvalue weighted by atomic mass is 9.94. The molecule has 0 bridgehead atoms. The van der Waals surface area contributed by atoms with E-state index in [1.165, 1.54) is 0 Å². The molecule has 1 aromatic carbocycles. The van der Waals surface area contributed by atoms with Gasteiger partial charge in [0.15, 0.2) is 0 Å². The molecule has 2 heterocycles. The van der Waals surface area contributed by atoms with E-state index < -0.39 is 6.10 Å². The second kappa shape index (κ2) is 7.89. The van der Waals surface area contributed by atoms with Crippen LogP contribution in [0.4, 0.5) is 5.69 Å². The molecule has 2 aromatic rings. The average molecular weight is 367 g/mol. The smallest absolute Gasteiger partial charge is 0.249 e. The molecule has 7 nitrogen and oxygen atoms in total. The standard InChI is InChI=1S/C20H25N5O2/c1-12(2)19(26)20(27)24-15-8-13(3)10-25(11-15)16-5-4-14(9-21)17-18(16)23-7-6-22-17/h4-7,12-13,15,19,26H,8,10-11H2,1-3H3,(H,24,27)/t13-,15+,19+/m0/s1. The normalized spacial score (nSPS) is 21.1. The van der Waals surface area contributed by atoms with Crippen molar-refractivity contribution >= 4 is 22.6 Å². The Kier molecular flexibility index (Phi) is 5.57. The Bertz CT molecular complexity index is 876. The van der Waals surface area contributed by atoms with Gasteiger partial charge in [0.1, 0.15) is 23.2 Å². The number of nitriles is 1. The zero-order valence-electron chi connectivity index (χ0n) is 15.9. The molecule has 0 unspecified atom stereocenters. The number of carbonyl (C=O) groups is 1. The minimum Gasteiger partial charge on any atom is -0.383 e. The Morgan fingerprint density at radius 2 is 2.00 bits per heavy atom. The van der Waals surface area contributed by atoms with Crippen LogP contribution in [0.3, 0.4) is 0 Å². The van der Waals surface area contributed by atoms with Crippen molar-refractivity contribution in [2.24, 2.45) is 11.8 Å². The third-order valence-corrected chi connectivity index (χ3v) is 4.97. The van der Waals surface area contributed by atoms with Crippen molar-refractivity contribution < 1.29 is 9.90 Å². The highest BCUT2D eigenvalue weighted by Gasteiger charge is 2.29. The number of aliphatic hydroxyl groups excluding tert-OH is 1. The molecule has 1 aliphatic rings. The van der Waals surface area contributed by atoms with Crippen molar-refractivity contribution in [3.05, 3.63) is 30.1 Å². The summed E-state index contributed by atoms with van der Waals surface area (Å²) in [5.41, 5.74) is 2.69. The number of nitrogens with one attached hydrogen (secondary N) is 1. The number of carbonyl (C=O) groups excluding carboxylic acids is 1. The maximum Gasteiger partial charge on any atom is 0.249 e. The number of aliphatic hydroxyl groups is 1. The van der Waals surface area contributed by atoms with Gasteiger partial charge in [-0.1, -0.05) is 20.8 Å². The summed E-state index contributed by atoms with van der Waals surface area (Å²) in [6, 6.07) is 5.77. The van der Waals surface area contributed by atoms with Crippen molar-refractivity contribution in [1.29, 1.82) is 5.26 Å². The quantitative estimate of drug-likeness (QED) is 0.855. The molecule has 3 atom stereocenters. The van der Waals surface area contributed by atoms with Crippen molar-refractivity contribution in [3.8, 4) is 6.07 Å². The number of benzene rings is 1. The van der Waals surface area contributed by atoms with E-state index in [9.17, 15) is 15.2 Å². The van der Waals surface area contributed by atoms with Gasteiger partial charge in [-0.3, -0.25) is 14.8 Å². The van der Waals surface area contributed by atoms with Crippen molar-refractivity contribution in [1.82, 2.24) is 15.3 Å². The zero-order chi connectivity index (χ0) is 19.6. The summed E-state index contributed by atoms with van der Waals surface area (Å²) in [7, 11) is 0. The second-order valence-corrected chi connectivity index (χ2v) is 7.64. The summed E-state index contributed by atoms with van der Waals surface area (Å²) in [6.07, 6.45) is 3.06. The number of aromatic nitrogens is 2. The summed E-state index contributed by atoms with van der Waals surface area (Å²) in [4.78, 5) is 23.2. The summed E-state index contributed by atoms with van der Waals surface area (Å²) < 4.78 is 0. The minimum atomic E-state index is -1.00. The number of rotatable bonds is 4. The van der Waals surface area contributed by atoms with E-state index in [0.717, 1.165) is 18.7 Å². The highest BCUT2D eigenvalue weighted by atomic mass is 16.3. The lowest BCUT2D eigenvalue weighted by molar-refractivity contribution is -0.132. The Morgan fingerprint density at radius 1 is 1.30 bits per heavy atom. The molecule has 1 fully saturated rings. The number of anilines is 1. The number of nitrogens with zero attached hydrogens (tertiary/aromatic N) is 4. The van der Waals surface area contributed by atoms with E-state index in [-0.39, 0.29) is 17.9 Å². The van der Waals surface area contributed by atoms with Crippen LogP contribution in [0.15, 0.2) is 24.5 Å².